The highest BCUT2D eigenvalue weighted by Gasteiger charge is 2.10. The van der Waals surface area contributed by atoms with Gasteiger partial charge in [0.15, 0.2) is 0 Å². The van der Waals surface area contributed by atoms with Crippen molar-refractivity contribution in [1.82, 2.24) is 0 Å². The van der Waals surface area contributed by atoms with Gasteiger partial charge in [-0.15, -0.1) is 0 Å². The summed E-state index contributed by atoms with van der Waals surface area (Å²) >= 11 is 3.25. The smallest absolute Gasteiger partial charge is 0.136 e. The fraction of sp³-hybridized carbons (Fsp3) is 0.364. The molecular weight excluding hydrogens is 263 g/mol. The highest BCUT2D eigenvalue weighted by Crippen LogP contribution is 2.26. The lowest BCUT2D eigenvalue weighted by molar-refractivity contribution is -0.118. The van der Waals surface area contributed by atoms with Crippen molar-refractivity contribution in [3.05, 3.63) is 28.5 Å². The first-order valence-corrected chi connectivity index (χ1v) is 5.39. The fourth-order valence-corrected chi connectivity index (χ4v) is 1.57. The lowest BCUT2D eigenvalue weighted by atomic mass is 10.2. The van der Waals surface area contributed by atoms with Gasteiger partial charge in [0.25, 0.3) is 0 Å². The van der Waals surface area contributed by atoms with Crippen molar-refractivity contribution < 1.29 is 13.9 Å². The molecule has 0 saturated heterocycles. The zero-order chi connectivity index (χ0) is 11.4. The molecule has 0 radical (unpaired) electrons. The molecule has 1 aromatic rings. The van der Waals surface area contributed by atoms with Gasteiger partial charge >= 0.3 is 0 Å². The third kappa shape index (κ3) is 4.00. The Hall–Kier alpha value is -0.900. The van der Waals surface area contributed by atoms with E-state index in [1.165, 1.54) is 19.1 Å². The van der Waals surface area contributed by atoms with Gasteiger partial charge in [-0.25, -0.2) is 4.39 Å². The van der Waals surface area contributed by atoms with Gasteiger partial charge in [0.1, 0.15) is 23.5 Å². The molecule has 1 unspecified atom stereocenters. The molecule has 0 fully saturated rings. The van der Waals surface area contributed by atoms with Gasteiger partial charge in [-0.05, 0) is 41.9 Å². The predicted molar refractivity (Wildman–Crippen MR) is 59.5 cm³/mol. The molecule has 0 bridgehead atoms. The van der Waals surface area contributed by atoms with E-state index in [2.05, 4.69) is 15.9 Å². The first-order chi connectivity index (χ1) is 6.99. The van der Waals surface area contributed by atoms with E-state index < -0.39 is 0 Å². The van der Waals surface area contributed by atoms with E-state index in [4.69, 9.17) is 4.74 Å². The molecule has 15 heavy (non-hydrogen) atoms. The molecule has 82 valence electrons. The molecule has 2 nitrogen and oxygen atoms in total. The largest absolute Gasteiger partial charge is 0.489 e. The van der Waals surface area contributed by atoms with Crippen molar-refractivity contribution in [3.63, 3.8) is 0 Å². The van der Waals surface area contributed by atoms with Gasteiger partial charge in [0.2, 0.25) is 0 Å². The summed E-state index contributed by atoms with van der Waals surface area (Å²) in [6.07, 6.45) is 0.0729. The quantitative estimate of drug-likeness (QED) is 0.842. The van der Waals surface area contributed by atoms with Crippen LogP contribution in [0.25, 0.3) is 0 Å². The van der Waals surface area contributed by atoms with Gasteiger partial charge in [0, 0.05) is 12.5 Å². The van der Waals surface area contributed by atoms with Crippen LogP contribution in [0.3, 0.4) is 0 Å². The van der Waals surface area contributed by atoms with E-state index >= 15 is 0 Å². The third-order valence-corrected chi connectivity index (χ3v) is 2.45. The zero-order valence-corrected chi connectivity index (χ0v) is 10.2. The Morgan fingerprint density at radius 2 is 2.27 bits per heavy atom. The Balaban J connectivity index is 2.71. The van der Waals surface area contributed by atoms with Crippen molar-refractivity contribution in [3.8, 4) is 5.75 Å². The summed E-state index contributed by atoms with van der Waals surface area (Å²) in [6, 6.07) is 4.21. The standard InChI is InChI=1S/C11H12BrFO2/c1-7(14)5-8(2)15-11-6-9(13)3-4-10(11)12/h3-4,6,8H,5H2,1-2H3. The number of ether oxygens (including phenoxy) is 1. The lowest BCUT2D eigenvalue weighted by Crippen LogP contribution is -2.15. The molecule has 0 spiro atoms. The highest BCUT2D eigenvalue weighted by molar-refractivity contribution is 9.10. The van der Waals surface area contributed by atoms with E-state index in [0.717, 1.165) is 0 Å². The summed E-state index contributed by atoms with van der Waals surface area (Å²) < 4.78 is 19.0. The van der Waals surface area contributed by atoms with Gasteiger partial charge in [-0.1, -0.05) is 0 Å². The number of hydrogen-bond acceptors (Lipinski definition) is 2. The summed E-state index contributed by atoms with van der Waals surface area (Å²) in [6.45, 7) is 3.28. The maximum absolute atomic E-state index is 12.9. The Morgan fingerprint density at radius 1 is 1.60 bits per heavy atom. The number of rotatable bonds is 4. The van der Waals surface area contributed by atoms with Crippen molar-refractivity contribution in [2.24, 2.45) is 0 Å². The van der Waals surface area contributed by atoms with E-state index in [1.54, 1.807) is 13.0 Å². The molecule has 0 aromatic heterocycles. The first kappa shape index (κ1) is 12.2. The van der Waals surface area contributed by atoms with Crippen LogP contribution in [0.4, 0.5) is 4.39 Å². The Kier molecular flexibility index (Phi) is 4.27. The van der Waals surface area contributed by atoms with Crippen LogP contribution < -0.4 is 4.74 Å². The molecule has 0 aliphatic rings. The summed E-state index contributed by atoms with van der Waals surface area (Å²) in [4.78, 5) is 10.8. The molecule has 0 aliphatic heterocycles. The second-order valence-corrected chi connectivity index (χ2v) is 4.26. The summed E-state index contributed by atoms with van der Waals surface area (Å²) in [5, 5.41) is 0. The van der Waals surface area contributed by atoms with Crippen LogP contribution >= 0.6 is 15.9 Å². The maximum Gasteiger partial charge on any atom is 0.136 e. The van der Waals surface area contributed by atoms with Crippen LogP contribution in [-0.2, 0) is 4.79 Å². The summed E-state index contributed by atoms with van der Waals surface area (Å²) in [5.74, 6) is 0.113. The number of Topliss-reactive ketones (excluding diaryl/α,β-unsaturated/α-hetero) is 1. The second kappa shape index (κ2) is 5.26. The van der Waals surface area contributed by atoms with Crippen molar-refractivity contribution in [1.29, 1.82) is 0 Å². The van der Waals surface area contributed by atoms with Gasteiger partial charge in [-0.3, -0.25) is 4.79 Å². The Morgan fingerprint density at radius 3 is 2.87 bits per heavy atom. The lowest BCUT2D eigenvalue weighted by Gasteiger charge is -2.14. The average Bonchev–Trinajstić information content (AvgIpc) is 2.10. The van der Waals surface area contributed by atoms with E-state index in [0.29, 0.717) is 16.6 Å². The van der Waals surface area contributed by atoms with Crippen LogP contribution in [0, 0.1) is 5.82 Å². The molecule has 0 heterocycles. The Labute approximate surface area is 96.6 Å². The molecule has 0 aliphatic carbocycles. The molecule has 0 amide bonds. The van der Waals surface area contributed by atoms with Crippen LogP contribution in [0.5, 0.6) is 5.75 Å². The average molecular weight is 275 g/mol. The molecule has 4 heteroatoms. The Bertz CT molecular complexity index is 366. The fourth-order valence-electron chi connectivity index (χ4n) is 1.23. The highest BCUT2D eigenvalue weighted by atomic mass is 79.9. The van der Waals surface area contributed by atoms with Crippen molar-refractivity contribution in [2.45, 2.75) is 26.4 Å². The van der Waals surface area contributed by atoms with Crippen LogP contribution in [-0.4, -0.2) is 11.9 Å². The van der Waals surface area contributed by atoms with Crippen molar-refractivity contribution in [2.75, 3.05) is 0 Å². The van der Waals surface area contributed by atoms with Crippen LogP contribution in [0.15, 0.2) is 22.7 Å². The number of carbonyl (C=O) groups is 1. The third-order valence-electron chi connectivity index (χ3n) is 1.80. The number of halogens is 2. The molecule has 1 aromatic carbocycles. The van der Waals surface area contributed by atoms with Crippen LogP contribution in [0.2, 0.25) is 0 Å². The topological polar surface area (TPSA) is 26.3 Å². The van der Waals surface area contributed by atoms with Crippen LogP contribution in [0.1, 0.15) is 20.3 Å². The molecule has 0 saturated carbocycles. The molecular formula is C11H12BrFO2. The predicted octanol–water partition coefficient (Wildman–Crippen LogP) is 3.33. The van der Waals surface area contributed by atoms with E-state index in [1.807, 2.05) is 0 Å². The zero-order valence-electron chi connectivity index (χ0n) is 8.59. The van der Waals surface area contributed by atoms with Gasteiger partial charge < -0.3 is 4.74 Å². The summed E-state index contributed by atoms with van der Waals surface area (Å²) in [7, 11) is 0. The normalized spacial score (nSPS) is 12.3. The minimum Gasteiger partial charge on any atom is -0.489 e. The maximum atomic E-state index is 12.9. The number of hydrogen-bond donors (Lipinski definition) is 0. The molecule has 1 atom stereocenters. The summed E-state index contributed by atoms with van der Waals surface area (Å²) in [5.41, 5.74) is 0. The SMILES string of the molecule is CC(=O)CC(C)Oc1cc(F)ccc1Br. The van der Waals surface area contributed by atoms with Gasteiger partial charge in [-0.2, -0.15) is 0 Å². The van der Waals surface area contributed by atoms with E-state index in [9.17, 15) is 9.18 Å². The molecule has 0 N–H and O–H groups in total. The van der Waals surface area contributed by atoms with Gasteiger partial charge in [0.05, 0.1) is 4.47 Å². The monoisotopic (exact) mass is 274 g/mol. The van der Waals surface area contributed by atoms with E-state index in [-0.39, 0.29) is 17.7 Å². The first-order valence-electron chi connectivity index (χ1n) is 4.60. The minimum absolute atomic E-state index is 0.0509. The number of benzene rings is 1. The molecule has 1 rings (SSSR count). The second-order valence-electron chi connectivity index (χ2n) is 3.41. The van der Waals surface area contributed by atoms with Crippen molar-refractivity contribution >= 4 is 21.7 Å². The number of ketones is 1. The minimum atomic E-state index is -0.358. The number of carbonyl (C=O) groups excluding carboxylic acids is 1.